The number of carbonyl (C=O) groups excluding carboxylic acids is 2. The van der Waals surface area contributed by atoms with Crippen LogP contribution >= 0.6 is 0 Å². The van der Waals surface area contributed by atoms with E-state index in [9.17, 15) is 14.7 Å². The molecule has 190 valence electrons. The van der Waals surface area contributed by atoms with Crippen LogP contribution in [-0.4, -0.2) is 65.1 Å². The number of aliphatic hydroxyl groups excluding tert-OH is 1. The number of aliphatic hydroxyl groups is 1. The maximum atomic E-state index is 13.9. The van der Waals surface area contributed by atoms with Gasteiger partial charge in [0.05, 0.1) is 29.7 Å². The number of amides is 2. The van der Waals surface area contributed by atoms with Crippen molar-refractivity contribution in [2.45, 2.75) is 103 Å². The molecule has 5 rings (SSSR count). The monoisotopic (exact) mass is 483 g/mol. The number of imidazole rings is 1. The Morgan fingerprint density at radius 2 is 2.03 bits per heavy atom. The lowest BCUT2D eigenvalue weighted by molar-refractivity contribution is -0.144. The molecule has 1 saturated carbocycles. The molecule has 2 amide bonds. The van der Waals surface area contributed by atoms with Gasteiger partial charge >= 0.3 is 0 Å². The van der Waals surface area contributed by atoms with Gasteiger partial charge in [0, 0.05) is 38.0 Å². The first-order chi connectivity index (χ1) is 16.6. The van der Waals surface area contributed by atoms with Gasteiger partial charge in [-0.1, -0.05) is 26.0 Å². The molecule has 35 heavy (non-hydrogen) atoms. The zero-order chi connectivity index (χ0) is 24.9. The highest BCUT2D eigenvalue weighted by atomic mass is 16.3. The normalized spacial score (nSPS) is 23.3. The number of aryl methyl sites for hydroxylation is 2. The van der Waals surface area contributed by atoms with E-state index in [-0.39, 0.29) is 24.8 Å². The van der Waals surface area contributed by atoms with Crippen LogP contribution in [0.15, 0.2) is 6.20 Å². The number of aromatic nitrogens is 5. The van der Waals surface area contributed by atoms with Gasteiger partial charge in [0.25, 0.3) is 0 Å². The van der Waals surface area contributed by atoms with Crippen molar-refractivity contribution >= 4 is 11.8 Å². The second kappa shape index (κ2) is 9.04. The van der Waals surface area contributed by atoms with E-state index < -0.39 is 23.6 Å². The van der Waals surface area contributed by atoms with E-state index in [0.717, 1.165) is 61.6 Å². The van der Waals surface area contributed by atoms with Crippen molar-refractivity contribution < 1.29 is 14.7 Å². The van der Waals surface area contributed by atoms with E-state index in [1.54, 1.807) is 4.68 Å². The smallest absolute Gasteiger partial charge is 0.248 e. The zero-order valence-corrected chi connectivity index (χ0v) is 21.2. The molecule has 0 bridgehead atoms. The SMILES string of the molecule is Cc1nc2n(c1CNC(=O)C1CC(O)CN1C(=O)[C@@H](n1cc(C3CC3)nn1)C(C)(C)C)CCCC2. The van der Waals surface area contributed by atoms with Gasteiger partial charge in [0.15, 0.2) is 0 Å². The summed E-state index contributed by atoms with van der Waals surface area (Å²) in [5.41, 5.74) is 2.43. The molecule has 2 fully saturated rings. The summed E-state index contributed by atoms with van der Waals surface area (Å²) in [5.74, 6) is 1.06. The Morgan fingerprint density at radius 3 is 2.74 bits per heavy atom. The summed E-state index contributed by atoms with van der Waals surface area (Å²) in [6.45, 7) is 9.35. The van der Waals surface area contributed by atoms with Crippen LogP contribution in [0.3, 0.4) is 0 Å². The molecule has 10 heteroatoms. The summed E-state index contributed by atoms with van der Waals surface area (Å²) in [7, 11) is 0. The minimum absolute atomic E-state index is 0.134. The van der Waals surface area contributed by atoms with E-state index in [4.69, 9.17) is 0 Å². The molecule has 2 aliphatic heterocycles. The summed E-state index contributed by atoms with van der Waals surface area (Å²) in [4.78, 5) is 33.4. The quantitative estimate of drug-likeness (QED) is 0.648. The molecule has 0 radical (unpaired) electrons. The van der Waals surface area contributed by atoms with Gasteiger partial charge in [0.2, 0.25) is 11.8 Å². The maximum absolute atomic E-state index is 13.9. The van der Waals surface area contributed by atoms with Gasteiger partial charge in [-0.2, -0.15) is 0 Å². The van der Waals surface area contributed by atoms with Gasteiger partial charge in [-0.15, -0.1) is 5.10 Å². The molecule has 3 atom stereocenters. The highest BCUT2D eigenvalue weighted by Gasteiger charge is 2.45. The standard InChI is InChI=1S/C25H37N7O3/c1-15-20(30-10-6-5-7-21(30)27-15)12-26-23(34)19-11-17(33)13-31(19)24(35)22(25(2,3)4)32-14-18(28-29-32)16-8-9-16/h14,16-17,19,22,33H,5-13H2,1-4H3,(H,26,34)/t17?,19?,22-/m1/s1. The Bertz CT molecular complexity index is 1110. The third kappa shape index (κ3) is 4.72. The topological polar surface area (TPSA) is 118 Å². The van der Waals surface area contributed by atoms with Crippen LogP contribution in [0.4, 0.5) is 0 Å². The average Bonchev–Trinajstić information content (AvgIpc) is 3.26. The predicted molar refractivity (Wildman–Crippen MR) is 128 cm³/mol. The largest absolute Gasteiger partial charge is 0.391 e. The molecule has 3 aliphatic rings. The summed E-state index contributed by atoms with van der Waals surface area (Å²) in [5, 5.41) is 22.1. The second-order valence-electron chi connectivity index (χ2n) is 11.4. The lowest BCUT2D eigenvalue weighted by Crippen LogP contribution is -2.50. The summed E-state index contributed by atoms with van der Waals surface area (Å²) >= 11 is 0. The highest BCUT2D eigenvalue weighted by Crippen LogP contribution is 2.40. The Morgan fingerprint density at radius 1 is 1.26 bits per heavy atom. The van der Waals surface area contributed by atoms with Crippen LogP contribution < -0.4 is 5.32 Å². The molecule has 2 N–H and O–H groups in total. The highest BCUT2D eigenvalue weighted by molar-refractivity contribution is 5.90. The van der Waals surface area contributed by atoms with Gasteiger partial charge in [-0.05, 0) is 38.0 Å². The van der Waals surface area contributed by atoms with Crippen molar-refractivity contribution in [2.24, 2.45) is 5.41 Å². The van der Waals surface area contributed by atoms with Crippen molar-refractivity contribution in [3.63, 3.8) is 0 Å². The lowest BCUT2D eigenvalue weighted by atomic mass is 9.85. The number of likely N-dealkylation sites (tertiary alicyclic amines) is 1. The van der Waals surface area contributed by atoms with Crippen molar-refractivity contribution in [1.82, 2.24) is 34.8 Å². The third-order valence-electron chi connectivity index (χ3n) is 7.52. The van der Waals surface area contributed by atoms with Gasteiger partial charge in [-0.3, -0.25) is 9.59 Å². The second-order valence-corrected chi connectivity index (χ2v) is 11.4. The molecule has 1 saturated heterocycles. The first-order valence-corrected chi connectivity index (χ1v) is 12.9. The Hall–Kier alpha value is -2.75. The van der Waals surface area contributed by atoms with Crippen LogP contribution in [0.25, 0.3) is 0 Å². The first kappa shape index (κ1) is 24.0. The van der Waals surface area contributed by atoms with Crippen LogP contribution in [0.5, 0.6) is 0 Å². The van der Waals surface area contributed by atoms with Crippen LogP contribution in [0, 0.1) is 12.3 Å². The number of hydrogen-bond acceptors (Lipinski definition) is 6. The fraction of sp³-hybridized carbons (Fsp3) is 0.720. The average molecular weight is 484 g/mol. The summed E-state index contributed by atoms with van der Waals surface area (Å²) in [6, 6.07) is -1.34. The molecule has 1 aliphatic carbocycles. The molecular formula is C25H37N7O3. The molecule has 2 aromatic rings. The van der Waals surface area contributed by atoms with Gasteiger partial charge in [0.1, 0.15) is 17.9 Å². The van der Waals surface area contributed by atoms with Crippen molar-refractivity contribution in [3.05, 3.63) is 29.1 Å². The minimum atomic E-state index is -0.738. The molecule has 2 unspecified atom stereocenters. The first-order valence-electron chi connectivity index (χ1n) is 12.9. The van der Waals surface area contributed by atoms with Crippen LogP contribution in [-0.2, 0) is 29.1 Å². The molecular weight excluding hydrogens is 446 g/mol. The Balaban J connectivity index is 1.33. The van der Waals surface area contributed by atoms with Gasteiger partial charge < -0.3 is 19.9 Å². The molecule has 4 heterocycles. The maximum Gasteiger partial charge on any atom is 0.248 e. The van der Waals surface area contributed by atoms with E-state index in [0.29, 0.717) is 12.5 Å². The summed E-state index contributed by atoms with van der Waals surface area (Å²) < 4.78 is 3.86. The number of carbonyl (C=O) groups is 2. The number of hydrogen-bond donors (Lipinski definition) is 2. The Labute approximate surface area is 206 Å². The molecule has 2 aromatic heterocycles. The van der Waals surface area contributed by atoms with E-state index in [2.05, 4.69) is 25.2 Å². The zero-order valence-electron chi connectivity index (χ0n) is 21.2. The van der Waals surface area contributed by atoms with E-state index in [1.165, 1.54) is 4.90 Å². The molecule has 10 nitrogen and oxygen atoms in total. The fourth-order valence-electron chi connectivity index (χ4n) is 5.52. The predicted octanol–water partition coefficient (Wildman–Crippen LogP) is 1.86. The van der Waals surface area contributed by atoms with Crippen molar-refractivity contribution in [3.8, 4) is 0 Å². The lowest BCUT2D eigenvalue weighted by Gasteiger charge is -2.34. The third-order valence-corrected chi connectivity index (χ3v) is 7.52. The number of β-amino-alcohol motifs (C(OH)–C–C–N with tert-alkyl or cyclic N) is 1. The number of nitrogens with one attached hydrogen (secondary N) is 1. The molecule has 0 aromatic carbocycles. The van der Waals surface area contributed by atoms with Crippen LogP contribution in [0.2, 0.25) is 0 Å². The fourth-order valence-corrected chi connectivity index (χ4v) is 5.52. The number of rotatable bonds is 6. The Kier molecular flexibility index (Phi) is 6.19. The van der Waals surface area contributed by atoms with Crippen molar-refractivity contribution in [1.29, 1.82) is 0 Å². The van der Waals surface area contributed by atoms with E-state index in [1.807, 2.05) is 33.9 Å². The van der Waals surface area contributed by atoms with E-state index >= 15 is 0 Å². The summed E-state index contributed by atoms with van der Waals surface area (Å²) in [6.07, 6.45) is 6.78. The van der Waals surface area contributed by atoms with Crippen molar-refractivity contribution in [2.75, 3.05) is 6.54 Å². The minimum Gasteiger partial charge on any atom is -0.391 e. The molecule has 0 spiro atoms. The number of nitrogens with zero attached hydrogens (tertiary/aromatic N) is 6. The van der Waals surface area contributed by atoms with Gasteiger partial charge in [-0.25, -0.2) is 9.67 Å². The number of fused-ring (bicyclic) bond motifs is 1. The van der Waals surface area contributed by atoms with Crippen LogP contribution in [0.1, 0.15) is 87.7 Å².